The normalized spacial score (nSPS) is 14.0. The van der Waals surface area contributed by atoms with E-state index in [1.54, 1.807) is 0 Å². The minimum Gasteiger partial charge on any atom is -0.462 e. The van der Waals surface area contributed by atoms with Crippen LogP contribution in [0, 0.1) is 0 Å². The molecule has 0 heterocycles. The molecule has 0 amide bonds. The van der Waals surface area contributed by atoms with Gasteiger partial charge in [-0.15, -0.1) is 0 Å². The lowest BCUT2D eigenvalue weighted by atomic mass is 10.1. The van der Waals surface area contributed by atoms with Crippen LogP contribution in [0.15, 0.2) is 85.1 Å². The maximum Gasteiger partial charge on any atom is 0.472 e. The minimum atomic E-state index is -4.76. The molecular formula is C60H103O11P. The fraction of sp³-hybridized carbons (Fsp3) is 0.717. The number of carbonyl (C=O) groups is 3. The van der Waals surface area contributed by atoms with E-state index in [4.69, 9.17) is 23.3 Å². The Hall–Kier alpha value is -3.34. The van der Waals surface area contributed by atoms with Gasteiger partial charge in [-0.25, -0.2) is 4.57 Å². The number of phosphoric ester groups is 1. The number of hydrogen-bond donors (Lipinski definition) is 2. The van der Waals surface area contributed by atoms with Gasteiger partial charge in [-0.3, -0.25) is 23.4 Å². The fourth-order valence-corrected chi connectivity index (χ4v) is 8.21. The number of phosphoric acid groups is 1. The molecule has 0 aliphatic heterocycles. The molecule has 0 bridgehead atoms. The van der Waals surface area contributed by atoms with Crippen LogP contribution in [0.3, 0.4) is 0 Å². The van der Waals surface area contributed by atoms with Gasteiger partial charge in [0.15, 0.2) is 6.10 Å². The number of aliphatic hydroxyl groups excluding tert-OH is 1. The van der Waals surface area contributed by atoms with Crippen LogP contribution < -0.4 is 0 Å². The van der Waals surface area contributed by atoms with E-state index in [0.29, 0.717) is 19.3 Å². The van der Waals surface area contributed by atoms with Crippen molar-refractivity contribution < 1.29 is 52.2 Å². The Morgan fingerprint density at radius 3 is 1.18 bits per heavy atom. The molecule has 72 heavy (non-hydrogen) atoms. The second-order valence-corrected chi connectivity index (χ2v) is 20.2. The highest BCUT2D eigenvalue weighted by Crippen LogP contribution is 2.43. The summed E-state index contributed by atoms with van der Waals surface area (Å²) in [4.78, 5) is 48.5. The molecule has 0 aromatic heterocycles. The third-order valence-corrected chi connectivity index (χ3v) is 12.7. The molecule has 0 aliphatic carbocycles. The molecule has 3 atom stereocenters. The summed E-state index contributed by atoms with van der Waals surface area (Å²) < 4.78 is 39.4. The highest BCUT2D eigenvalue weighted by molar-refractivity contribution is 7.47. The number of carbonyl (C=O) groups excluding carboxylic acids is 3. The van der Waals surface area contributed by atoms with Crippen molar-refractivity contribution in [2.45, 2.75) is 251 Å². The van der Waals surface area contributed by atoms with Gasteiger partial charge in [0.1, 0.15) is 12.7 Å². The fourth-order valence-electron chi connectivity index (χ4n) is 7.43. The van der Waals surface area contributed by atoms with Gasteiger partial charge in [0.05, 0.1) is 19.8 Å². The van der Waals surface area contributed by atoms with Gasteiger partial charge in [0, 0.05) is 19.3 Å². The molecule has 2 N–H and O–H groups in total. The summed E-state index contributed by atoms with van der Waals surface area (Å²) in [5.41, 5.74) is 0. The first-order valence-corrected chi connectivity index (χ1v) is 30.0. The highest BCUT2D eigenvalue weighted by Gasteiger charge is 2.28. The van der Waals surface area contributed by atoms with E-state index in [2.05, 4.69) is 106 Å². The number of esters is 3. The van der Waals surface area contributed by atoms with E-state index in [0.717, 1.165) is 116 Å². The quantitative estimate of drug-likeness (QED) is 0.0197. The second-order valence-electron chi connectivity index (χ2n) is 18.7. The molecule has 414 valence electrons. The molecule has 0 radical (unpaired) electrons. The van der Waals surface area contributed by atoms with E-state index >= 15 is 0 Å². The Balaban J connectivity index is 4.78. The van der Waals surface area contributed by atoms with E-state index in [-0.39, 0.29) is 25.9 Å². The topological polar surface area (TPSA) is 155 Å². The first-order chi connectivity index (χ1) is 35.2. The van der Waals surface area contributed by atoms with Crippen LogP contribution >= 0.6 is 7.82 Å². The molecule has 0 aromatic carbocycles. The standard InChI is InChI=1S/C60H103O11P/c1-4-7-10-13-16-19-22-25-27-28-30-33-36-39-42-45-48-51-60(64)71-57(53-67-58(62)49-46-43-40-37-34-31-24-21-18-15-12-9-6-3)55-69-72(65,66)68-54-56(52-61)70-59(63)50-47-44-41-38-35-32-29-26-23-20-17-14-11-8-5-2/h8,11,16-17,19-21,24-27,29,35,38,56-57,61H,4-7,9-10,12-15,18,22-23,28,30-34,36-37,39-55H2,1-3H3,(H,65,66)/b11-8-,19-16-,20-17-,24-21-,27-25-,29-26-,38-35-. The maximum absolute atomic E-state index is 12.9. The van der Waals surface area contributed by atoms with Crippen LogP contribution in [-0.2, 0) is 42.2 Å². The Morgan fingerprint density at radius 2 is 0.722 bits per heavy atom. The van der Waals surface area contributed by atoms with Crippen molar-refractivity contribution in [3.63, 3.8) is 0 Å². The van der Waals surface area contributed by atoms with Crippen molar-refractivity contribution in [1.82, 2.24) is 0 Å². The van der Waals surface area contributed by atoms with Crippen LogP contribution in [0.5, 0.6) is 0 Å². The third kappa shape index (κ3) is 51.6. The Kier molecular flexibility index (Phi) is 51.4. The van der Waals surface area contributed by atoms with E-state index in [1.165, 1.54) is 64.2 Å². The SMILES string of the molecule is CC/C=C\C/C=C\C/C=C\C/C=C\CCCCC(=O)OC(CO)COP(=O)(O)OCC(COC(=O)CCCCCCC/C=C\CCCCCC)OC(=O)CCCCCCCCC/C=C\C/C=C\CCCCC. The lowest BCUT2D eigenvalue weighted by molar-refractivity contribution is -0.161. The van der Waals surface area contributed by atoms with Crippen LogP contribution in [0.4, 0.5) is 0 Å². The van der Waals surface area contributed by atoms with E-state index in [1.807, 2.05) is 0 Å². The van der Waals surface area contributed by atoms with Gasteiger partial charge in [-0.2, -0.15) is 0 Å². The summed E-state index contributed by atoms with van der Waals surface area (Å²) in [5.74, 6) is -1.53. The zero-order valence-corrected chi connectivity index (χ0v) is 46.5. The zero-order valence-electron chi connectivity index (χ0n) is 45.6. The maximum atomic E-state index is 12.9. The molecular weight excluding hydrogens is 928 g/mol. The number of allylic oxidation sites excluding steroid dienone is 14. The Bertz CT molecular complexity index is 1530. The highest BCUT2D eigenvalue weighted by atomic mass is 31.2. The summed E-state index contributed by atoms with van der Waals surface area (Å²) in [7, 11) is -4.76. The van der Waals surface area contributed by atoms with Gasteiger partial charge in [-0.05, 0) is 116 Å². The molecule has 0 spiro atoms. The van der Waals surface area contributed by atoms with Crippen molar-refractivity contribution in [1.29, 1.82) is 0 Å². The van der Waals surface area contributed by atoms with Gasteiger partial charge in [0.2, 0.25) is 0 Å². The molecule has 0 saturated heterocycles. The largest absolute Gasteiger partial charge is 0.472 e. The van der Waals surface area contributed by atoms with E-state index in [9.17, 15) is 28.9 Å². The van der Waals surface area contributed by atoms with Gasteiger partial charge < -0.3 is 24.2 Å². The van der Waals surface area contributed by atoms with Gasteiger partial charge in [0.25, 0.3) is 0 Å². The van der Waals surface area contributed by atoms with Gasteiger partial charge >= 0.3 is 25.7 Å². The lowest BCUT2D eigenvalue weighted by Gasteiger charge is -2.21. The molecule has 0 aliphatic rings. The van der Waals surface area contributed by atoms with E-state index < -0.39 is 57.8 Å². The summed E-state index contributed by atoms with van der Waals surface area (Å²) in [6.07, 6.45) is 61.1. The predicted octanol–water partition coefficient (Wildman–Crippen LogP) is 16.7. The van der Waals surface area contributed by atoms with Crippen LogP contribution in [-0.4, -0.2) is 66.5 Å². The number of unbranched alkanes of at least 4 members (excludes halogenated alkanes) is 21. The average molecular weight is 1030 g/mol. The minimum absolute atomic E-state index is 0.121. The zero-order chi connectivity index (χ0) is 52.7. The summed E-state index contributed by atoms with van der Waals surface area (Å²) in [5, 5.41) is 9.80. The Labute approximate surface area is 439 Å². The summed E-state index contributed by atoms with van der Waals surface area (Å²) >= 11 is 0. The molecule has 0 saturated carbocycles. The summed E-state index contributed by atoms with van der Waals surface area (Å²) in [6, 6.07) is 0. The number of ether oxygens (including phenoxy) is 3. The van der Waals surface area contributed by atoms with Crippen molar-refractivity contribution in [2.24, 2.45) is 0 Å². The number of rotatable bonds is 52. The van der Waals surface area contributed by atoms with Crippen LogP contribution in [0.2, 0.25) is 0 Å². The number of aliphatic hydroxyl groups is 1. The molecule has 11 nitrogen and oxygen atoms in total. The summed E-state index contributed by atoms with van der Waals surface area (Å²) in [6.45, 7) is 4.42. The first kappa shape index (κ1) is 68.7. The molecule has 0 rings (SSSR count). The average Bonchev–Trinajstić information content (AvgIpc) is 3.37. The monoisotopic (exact) mass is 1030 g/mol. The molecule has 0 fully saturated rings. The van der Waals surface area contributed by atoms with Crippen molar-refractivity contribution in [2.75, 3.05) is 26.4 Å². The first-order valence-electron chi connectivity index (χ1n) is 28.5. The van der Waals surface area contributed by atoms with Crippen molar-refractivity contribution >= 4 is 25.7 Å². The van der Waals surface area contributed by atoms with Crippen molar-refractivity contribution in [3.8, 4) is 0 Å². The van der Waals surface area contributed by atoms with Gasteiger partial charge in [-0.1, -0.05) is 189 Å². The molecule has 0 aromatic rings. The third-order valence-electron chi connectivity index (χ3n) is 11.8. The lowest BCUT2D eigenvalue weighted by Crippen LogP contribution is -2.30. The van der Waals surface area contributed by atoms with Crippen molar-refractivity contribution in [3.05, 3.63) is 85.1 Å². The molecule has 12 heteroatoms. The predicted molar refractivity (Wildman–Crippen MR) is 298 cm³/mol. The molecule has 3 unspecified atom stereocenters. The number of hydrogen-bond acceptors (Lipinski definition) is 10. The second kappa shape index (κ2) is 53.9. The Morgan fingerprint density at radius 1 is 0.403 bits per heavy atom. The smallest absolute Gasteiger partial charge is 0.462 e. The van der Waals surface area contributed by atoms with Crippen LogP contribution in [0.1, 0.15) is 239 Å². The van der Waals surface area contributed by atoms with Crippen LogP contribution in [0.25, 0.3) is 0 Å².